The van der Waals surface area contributed by atoms with Crippen LogP contribution in [-0.4, -0.2) is 68.8 Å². The standard InChI is InChI=1S/C29H33ClN6O2/c1-20-17-35(13-12-31-20)14-15-37-22-8-9-23(24(30)16-22)26-34-25-27(36(26)18-21-6-4-3-5-7-21)32-19-33-28(25)38-29(2)10-11-29/h3-9,16,19-20,31H,10-15,17-18H2,1-2H3/t20-/m0/s1. The SMILES string of the molecule is C[C@H]1CN(CCOc2ccc(-c3nc4c(OC5(C)CC5)ncnc4n3Cc3ccccc3)c(Cl)c2)CCN1. The third-order valence-electron chi connectivity index (χ3n) is 7.29. The number of nitrogens with zero attached hydrogens (tertiary/aromatic N) is 5. The van der Waals surface area contributed by atoms with Crippen molar-refractivity contribution in [1.82, 2.24) is 29.7 Å². The van der Waals surface area contributed by atoms with Crippen LogP contribution in [0.3, 0.4) is 0 Å². The highest BCUT2D eigenvalue weighted by Crippen LogP contribution is 2.41. The summed E-state index contributed by atoms with van der Waals surface area (Å²) in [4.78, 5) is 16.4. The lowest BCUT2D eigenvalue weighted by atomic mass is 10.2. The van der Waals surface area contributed by atoms with Crippen LogP contribution in [0.4, 0.5) is 0 Å². The summed E-state index contributed by atoms with van der Waals surface area (Å²) in [5.41, 5.74) is 3.14. The quantitative estimate of drug-likeness (QED) is 0.332. The molecule has 1 saturated carbocycles. The van der Waals surface area contributed by atoms with Gasteiger partial charge < -0.3 is 19.4 Å². The number of fused-ring (bicyclic) bond motifs is 1. The van der Waals surface area contributed by atoms with Crippen LogP contribution in [0.2, 0.25) is 5.02 Å². The Labute approximate surface area is 228 Å². The molecule has 2 fully saturated rings. The third-order valence-corrected chi connectivity index (χ3v) is 7.60. The molecule has 0 spiro atoms. The zero-order valence-electron chi connectivity index (χ0n) is 21.9. The van der Waals surface area contributed by atoms with Crippen molar-refractivity contribution in [1.29, 1.82) is 0 Å². The molecule has 9 heteroatoms. The van der Waals surface area contributed by atoms with Gasteiger partial charge in [-0.1, -0.05) is 41.9 Å². The van der Waals surface area contributed by atoms with Gasteiger partial charge in [0.15, 0.2) is 11.2 Å². The summed E-state index contributed by atoms with van der Waals surface area (Å²) < 4.78 is 14.4. The number of aromatic nitrogens is 4. The van der Waals surface area contributed by atoms with E-state index in [-0.39, 0.29) is 5.60 Å². The maximum absolute atomic E-state index is 6.85. The van der Waals surface area contributed by atoms with Gasteiger partial charge in [0.25, 0.3) is 0 Å². The number of hydrogen-bond donors (Lipinski definition) is 1. The van der Waals surface area contributed by atoms with Crippen molar-refractivity contribution in [2.24, 2.45) is 0 Å². The summed E-state index contributed by atoms with van der Waals surface area (Å²) in [6, 6.07) is 16.6. The number of imidazole rings is 1. The summed E-state index contributed by atoms with van der Waals surface area (Å²) in [5, 5.41) is 4.05. The van der Waals surface area contributed by atoms with Crippen molar-refractivity contribution in [2.45, 2.75) is 44.9 Å². The molecule has 1 saturated heterocycles. The Kier molecular flexibility index (Phi) is 6.95. The highest BCUT2D eigenvalue weighted by atomic mass is 35.5. The van der Waals surface area contributed by atoms with Crippen molar-refractivity contribution in [3.8, 4) is 23.0 Å². The molecule has 4 aromatic rings. The third kappa shape index (κ3) is 5.48. The lowest BCUT2D eigenvalue weighted by molar-refractivity contribution is 0.170. The van der Waals surface area contributed by atoms with Crippen molar-refractivity contribution in [3.63, 3.8) is 0 Å². The van der Waals surface area contributed by atoms with E-state index < -0.39 is 0 Å². The van der Waals surface area contributed by atoms with E-state index in [4.69, 9.17) is 26.1 Å². The predicted molar refractivity (Wildman–Crippen MR) is 149 cm³/mol. The van der Waals surface area contributed by atoms with Crippen LogP contribution in [0.15, 0.2) is 54.9 Å². The van der Waals surface area contributed by atoms with Gasteiger partial charge in [-0.3, -0.25) is 4.90 Å². The van der Waals surface area contributed by atoms with Crippen molar-refractivity contribution < 1.29 is 9.47 Å². The van der Waals surface area contributed by atoms with Gasteiger partial charge in [-0.05, 0) is 50.5 Å². The minimum atomic E-state index is -0.177. The molecule has 2 aromatic carbocycles. The second-order valence-electron chi connectivity index (χ2n) is 10.6. The largest absolute Gasteiger partial charge is 0.492 e. The highest BCUT2D eigenvalue weighted by Gasteiger charge is 2.41. The monoisotopic (exact) mass is 532 g/mol. The van der Waals surface area contributed by atoms with E-state index in [0.717, 1.165) is 67.4 Å². The average molecular weight is 533 g/mol. The Morgan fingerprint density at radius 2 is 1.97 bits per heavy atom. The van der Waals surface area contributed by atoms with Crippen LogP contribution in [-0.2, 0) is 6.54 Å². The Hall–Kier alpha value is -3.20. The first-order chi connectivity index (χ1) is 18.5. The fraction of sp³-hybridized carbons (Fsp3) is 0.414. The molecular weight excluding hydrogens is 500 g/mol. The molecule has 0 bridgehead atoms. The molecule has 1 aliphatic carbocycles. The van der Waals surface area contributed by atoms with Gasteiger partial charge in [-0.2, -0.15) is 4.98 Å². The molecule has 0 unspecified atom stereocenters. The van der Waals surface area contributed by atoms with Crippen LogP contribution < -0.4 is 14.8 Å². The minimum Gasteiger partial charge on any atom is -0.492 e. The van der Waals surface area contributed by atoms with Gasteiger partial charge >= 0.3 is 0 Å². The lowest BCUT2D eigenvalue weighted by Crippen LogP contribution is -2.50. The number of nitrogens with one attached hydrogen (secondary N) is 1. The Balaban J connectivity index is 1.29. The maximum atomic E-state index is 6.85. The number of benzene rings is 2. The summed E-state index contributed by atoms with van der Waals surface area (Å²) in [6.07, 6.45) is 3.57. The van der Waals surface area contributed by atoms with E-state index in [9.17, 15) is 0 Å². The van der Waals surface area contributed by atoms with E-state index in [1.165, 1.54) is 0 Å². The molecule has 0 radical (unpaired) electrons. The first kappa shape index (κ1) is 25.1. The molecule has 2 aliphatic rings. The second kappa shape index (κ2) is 10.5. The summed E-state index contributed by atoms with van der Waals surface area (Å²) in [5.74, 6) is 1.99. The Morgan fingerprint density at radius 3 is 2.74 bits per heavy atom. The molecule has 1 N–H and O–H groups in total. The second-order valence-corrected chi connectivity index (χ2v) is 11.0. The smallest absolute Gasteiger partial charge is 0.245 e. The lowest BCUT2D eigenvalue weighted by Gasteiger charge is -2.31. The molecule has 3 heterocycles. The topological polar surface area (TPSA) is 77.3 Å². The molecule has 0 amide bonds. The van der Waals surface area contributed by atoms with E-state index in [2.05, 4.69) is 50.7 Å². The van der Waals surface area contributed by atoms with E-state index in [0.29, 0.717) is 35.6 Å². The van der Waals surface area contributed by atoms with Crippen molar-refractivity contribution in [2.75, 3.05) is 32.8 Å². The fourth-order valence-electron chi connectivity index (χ4n) is 4.90. The van der Waals surface area contributed by atoms with E-state index >= 15 is 0 Å². The van der Waals surface area contributed by atoms with E-state index in [1.807, 2.05) is 36.4 Å². The molecule has 8 nitrogen and oxygen atoms in total. The summed E-state index contributed by atoms with van der Waals surface area (Å²) in [6.45, 7) is 9.50. The zero-order chi connectivity index (χ0) is 26.1. The Morgan fingerprint density at radius 1 is 1.13 bits per heavy atom. The average Bonchev–Trinajstić information content (AvgIpc) is 3.53. The number of piperazine rings is 1. The number of hydrogen-bond acceptors (Lipinski definition) is 7. The normalized spacial score (nSPS) is 19.0. The van der Waals surface area contributed by atoms with Crippen LogP contribution in [0.5, 0.6) is 11.6 Å². The van der Waals surface area contributed by atoms with Gasteiger partial charge in [-0.15, -0.1) is 0 Å². The first-order valence-corrected chi connectivity index (χ1v) is 13.7. The van der Waals surface area contributed by atoms with Gasteiger partial charge in [0.1, 0.15) is 30.1 Å². The zero-order valence-corrected chi connectivity index (χ0v) is 22.6. The molecule has 2 aromatic heterocycles. The molecule has 38 heavy (non-hydrogen) atoms. The minimum absolute atomic E-state index is 0.177. The van der Waals surface area contributed by atoms with Gasteiger partial charge in [0, 0.05) is 37.8 Å². The fourth-order valence-corrected chi connectivity index (χ4v) is 5.15. The number of ether oxygens (including phenoxy) is 2. The molecular formula is C29H33ClN6O2. The molecule has 198 valence electrons. The highest BCUT2D eigenvalue weighted by molar-refractivity contribution is 6.33. The predicted octanol–water partition coefficient (Wildman–Crippen LogP) is 4.80. The summed E-state index contributed by atoms with van der Waals surface area (Å²) in [7, 11) is 0. The van der Waals surface area contributed by atoms with Crippen LogP contribution in [0, 0.1) is 0 Å². The first-order valence-electron chi connectivity index (χ1n) is 13.3. The van der Waals surface area contributed by atoms with Crippen LogP contribution in [0.25, 0.3) is 22.6 Å². The molecule has 1 atom stereocenters. The van der Waals surface area contributed by atoms with E-state index in [1.54, 1.807) is 6.33 Å². The van der Waals surface area contributed by atoms with Gasteiger partial charge in [0.2, 0.25) is 5.88 Å². The Bertz CT molecular complexity index is 1420. The van der Waals surface area contributed by atoms with Crippen LogP contribution >= 0.6 is 11.6 Å². The van der Waals surface area contributed by atoms with Gasteiger partial charge in [-0.25, -0.2) is 9.97 Å². The molecule has 6 rings (SSSR count). The summed E-state index contributed by atoms with van der Waals surface area (Å²) >= 11 is 6.85. The maximum Gasteiger partial charge on any atom is 0.245 e. The van der Waals surface area contributed by atoms with Crippen molar-refractivity contribution >= 4 is 22.8 Å². The number of rotatable bonds is 9. The number of halogens is 1. The molecule has 1 aliphatic heterocycles. The van der Waals surface area contributed by atoms with Crippen molar-refractivity contribution in [3.05, 3.63) is 65.4 Å². The van der Waals surface area contributed by atoms with Gasteiger partial charge in [0.05, 0.1) is 11.6 Å². The van der Waals surface area contributed by atoms with Crippen LogP contribution in [0.1, 0.15) is 32.3 Å².